The van der Waals surface area contributed by atoms with Crippen molar-refractivity contribution in [2.45, 2.75) is 25.4 Å². The summed E-state index contributed by atoms with van der Waals surface area (Å²) >= 11 is 0. The number of benzene rings is 3. The molecule has 2 fully saturated rings. The molecular formula is C32H33N3O4. The topological polar surface area (TPSA) is 79.0 Å². The number of hydrogen-bond acceptors (Lipinski definition) is 5. The number of hydrogen-bond donors (Lipinski definition) is 1. The molecule has 2 amide bonds. The number of rotatable bonds is 7. The van der Waals surface area contributed by atoms with Crippen molar-refractivity contribution in [1.29, 1.82) is 0 Å². The van der Waals surface area contributed by atoms with E-state index in [1.807, 2.05) is 65.6 Å². The molecule has 39 heavy (non-hydrogen) atoms. The second-order valence-electron chi connectivity index (χ2n) is 10.9. The smallest absolute Gasteiger partial charge is 0.411 e. The SMILES string of the molecule is O=Cc1ccc2c(c1)CCN(CCN1C[C@H]3CC(OC(=O)Nc4ccccc4-c4ccccc4)C[C@H]3C1)C2=O. The second-order valence-corrected chi connectivity index (χ2v) is 10.9. The van der Waals surface area contributed by atoms with Gasteiger partial charge in [-0.1, -0.05) is 54.6 Å². The minimum absolute atomic E-state index is 0.0569. The molecule has 3 atom stereocenters. The Bertz CT molecular complexity index is 1360. The molecule has 2 heterocycles. The minimum atomic E-state index is -0.399. The van der Waals surface area contributed by atoms with Gasteiger partial charge in [0.2, 0.25) is 0 Å². The zero-order chi connectivity index (χ0) is 26.8. The lowest BCUT2D eigenvalue weighted by Gasteiger charge is -2.30. The van der Waals surface area contributed by atoms with Crippen molar-refractivity contribution < 1.29 is 19.1 Å². The number of amides is 2. The van der Waals surface area contributed by atoms with Crippen LogP contribution in [0.3, 0.4) is 0 Å². The van der Waals surface area contributed by atoms with Crippen molar-refractivity contribution in [2.75, 3.05) is 38.0 Å². The average Bonchev–Trinajstić information content (AvgIpc) is 3.51. The van der Waals surface area contributed by atoms with Gasteiger partial charge < -0.3 is 14.5 Å². The number of ether oxygens (including phenoxy) is 1. The van der Waals surface area contributed by atoms with E-state index in [1.165, 1.54) is 0 Å². The van der Waals surface area contributed by atoms with E-state index in [2.05, 4.69) is 10.2 Å². The fourth-order valence-corrected chi connectivity index (χ4v) is 6.48. The Kier molecular flexibility index (Phi) is 7.16. The van der Waals surface area contributed by atoms with E-state index in [-0.39, 0.29) is 12.0 Å². The molecule has 7 heteroatoms. The molecule has 1 saturated carbocycles. The van der Waals surface area contributed by atoms with E-state index in [1.54, 1.807) is 12.1 Å². The first-order valence-corrected chi connectivity index (χ1v) is 13.8. The lowest BCUT2D eigenvalue weighted by molar-refractivity contribution is 0.0719. The van der Waals surface area contributed by atoms with E-state index in [4.69, 9.17) is 4.74 Å². The molecule has 3 aromatic carbocycles. The van der Waals surface area contributed by atoms with Gasteiger partial charge in [0, 0.05) is 49.4 Å². The van der Waals surface area contributed by atoms with E-state index in [0.29, 0.717) is 30.5 Å². The van der Waals surface area contributed by atoms with Crippen molar-refractivity contribution in [1.82, 2.24) is 9.80 Å². The maximum atomic E-state index is 13.0. The highest BCUT2D eigenvalue weighted by atomic mass is 16.6. The van der Waals surface area contributed by atoms with Crippen LogP contribution in [0.5, 0.6) is 0 Å². The normalized spacial score (nSPS) is 22.3. The lowest BCUT2D eigenvalue weighted by Crippen LogP contribution is -2.42. The number of nitrogens with one attached hydrogen (secondary N) is 1. The number of aldehydes is 1. The highest BCUT2D eigenvalue weighted by Gasteiger charge is 2.42. The number of anilines is 1. The van der Waals surface area contributed by atoms with Gasteiger partial charge in [0.05, 0.1) is 5.69 Å². The number of carbonyl (C=O) groups excluding carboxylic acids is 3. The van der Waals surface area contributed by atoms with Gasteiger partial charge in [-0.25, -0.2) is 4.79 Å². The average molecular weight is 524 g/mol. The summed E-state index contributed by atoms with van der Waals surface area (Å²) in [5.74, 6) is 1.08. The van der Waals surface area contributed by atoms with Crippen molar-refractivity contribution in [3.8, 4) is 11.1 Å². The number of para-hydroxylation sites is 1. The monoisotopic (exact) mass is 523 g/mol. The van der Waals surface area contributed by atoms with Crippen LogP contribution in [0.15, 0.2) is 72.8 Å². The molecule has 7 nitrogen and oxygen atoms in total. The van der Waals surface area contributed by atoms with E-state index < -0.39 is 6.09 Å². The molecule has 0 radical (unpaired) electrons. The molecule has 0 bridgehead atoms. The third kappa shape index (κ3) is 5.45. The molecule has 1 unspecified atom stereocenters. The van der Waals surface area contributed by atoms with Crippen LogP contribution in [-0.4, -0.2) is 66.9 Å². The van der Waals surface area contributed by atoms with Gasteiger partial charge in [-0.05, 0) is 60.4 Å². The van der Waals surface area contributed by atoms with Crippen LogP contribution in [-0.2, 0) is 11.2 Å². The summed E-state index contributed by atoms with van der Waals surface area (Å²) in [6.45, 7) is 4.20. The first kappa shape index (κ1) is 25.3. The molecule has 1 aliphatic carbocycles. The van der Waals surface area contributed by atoms with Crippen molar-refractivity contribution in [3.05, 3.63) is 89.5 Å². The Hall–Kier alpha value is -3.97. The molecule has 3 aliphatic rings. The van der Waals surface area contributed by atoms with Crippen LogP contribution < -0.4 is 5.32 Å². The predicted molar refractivity (Wildman–Crippen MR) is 150 cm³/mol. The zero-order valence-corrected chi connectivity index (χ0v) is 21.9. The summed E-state index contributed by atoms with van der Waals surface area (Å²) in [7, 11) is 0. The first-order valence-electron chi connectivity index (χ1n) is 13.8. The summed E-state index contributed by atoms with van der Waals surface area (Å²) in [6, 6.07) is 23.1. The molecule has 1 N–H and O–H groups in total. The van der Waals surface area contributed by atoms with Crippen molar-refractivity contribution in [3.63, 3.8) is 0 Å². The van der Waals surface area contributed by atoms with Crippen LogP contribution in [0.2, 0.25) is 0 Å². The Labute approximate surface area is 228 Å². The van der Waals surface area contributed by atoms with Gasteiger partial charge in [-0.15, -0.1) is 0 Å². The highest BCUT2D eigenvalue weighted by Crippen LogP contribution is 2.39. The molecule has 200 valence electrons. The quantitative estimate of drug-likeness (QED) is 0.435. The molecule has 0 spiro atoms. The highest BCUT2D eigenvalue weighted by molar-refractivity contribution is 5.97. The molecule has 2 aliphatic heterocycles. The zero-order valence-electron chi connectivity index (χ0n) is 21.9. The van der Waals surface area contributed by atoms with Gasteiger partial charge in [-0.2, -0.15) is 0 Å². The number of nitrogens with zero attached hydrogens (tertiary/aromatic N) is 2. The summed E-state index contributed by atoms with van der Waals surface area (Å²) in [5.41, 5.74) is 5.07. The van der Waals surface area contributed by atoms with Crippen LogP contribution >= 0.6 is 0 Å². The van der Waals surface area contributed by atoms with Crippen molar-refractivity contribution >= 4 is 24.0 Å². The van der Waals surface area contributed by atoms with Crippen LogP contribution in [0, 0.1) is 11.8 Å². The maximum Gasteiger partial charge on any atom is 0.411 e. The van der Waals surface area contributed by atoms with Crippen LogP contribution in [0.25, 0.3) is 11.1 Å². The molecule has 0 aromatic heterocycles. The molecular weight excluding hydrogens is 490 g/mol. The Morgan fingerprint density at radius 2 is 1.67 bits per heavy atom. The van der Waals surface area contributed by atoms with Crippen LogP contribution in [0.4, 0.5) is 10.5 Å². The van der Waals surface area contributed by atoms with Gasteiger partial charge in [-0.3, -0.25) is 14.9 Å². The third-order valence-corrected chi connectivity index (χ3v) is 8.43. The Balaban J connectivity index is 0.975. The van der Waals surface area contributed by atoms with E-state index in [9.17, 15) is 14.4 Å². The molecule has 3 aromatic rings. The van der Waals surface area contributed by atoms with Crippen LogP contribution in [0.1, 0.15) is 39.1 Å². The number of carbonyl (C=O) groups is 3. The van der Waals surface area contributed by atoms with Gasteiger partial charge >= 0.3 is 6.09 Å². The Morgan fingerprint density at radius 3 is 2.44 bits per heavy atom. The second kappa shape index (κ2) is 11.0. The summed E-state index contributed by atoms with van der Waals surface area (Å²) < 4.78 is 5.85. The summed E-state index contributed by atoms with van der Waals surface area (Å²) in [6.07, 6.45) is 2.90. The molecule has 1 saturated heterocycles. The Morgan fingerprint density at radius 1 is 0.923 bits per heavy atom. The van der Waals surface area contributed by atoms with Gasteiger partial charge in [0.15, 0.2) is 0 Å². The van der Waals surface area contributed by atoms with E-state index in [0.717, 1.165) is 73.1 Å². The minimum Gasteiger partial charge on any atom is -0.446 e. The van der Waals surface area contributed by atoms with Crippen molar-refractivity contribution in [2.24, 2.45) is 11.8 Å². The number of likely N-dealkylation sites (tertiary alicyclic amines) is 1. The lowest BCUT2D eigenvalue weighted by atomic mass is 9.97. The third-order valence-electron chi connectivity index (χ3n) is 8.43. The summed E-state index contributed by atoms with van der Waals surface area (Å²) in [5, 5.41) is 2.96. The maximum absolute atomic E-state index is 13.0. The number of fused-ring (bicyclic) bond motifs is 2. The first-order chi connectivity index (χ1) is 19.1. The standard InChI is InChI=1S/C32H33N3O4/c36-21-22-10-11-29-24(16-22)12-13-35(31(29)37)15-14-34-19-25-17-27(18-26(25)20-34)39-32(38)33-30-9-5-4-8-28(30)23-6-2-1-3-7-23/h1-11,16,21,25-27H,12-15,17-20H2,(H,33,38)/t25-,26+,27?. The van der Waals surface area contributed by atoms with E-state index >= 15 is 0 Å². The predicted octanol–water partition coefficient (Wildman–Crippen LogP) is 5.12. The van der Waals surface area contributed by atoms with Gasteiger partial charge in [0.1, 0.15) is 12.4 Å². The summed E-state index contributed by atoms with van der Waals surface area (Å²) in [4.78, 5) is 41.2. The molecule has 6 rings (SSSR count). The fourth-order valence-electron chi connectivity index (χ4n) is 6.48. The van der Waals surface area contributed by atoms with Gasteiger partial charge in [0.25, 0.3) is 5.91 Å². The largest absolute Gasteiger partial charge is 0.446 e. The fraction of sp³-hybridized carbons (Fsp3) is 0.344.